The van der Waals surface area contributed by atoms with E-state index in [-0.39, 0.29) is 18.1 Å². The van der Waals surface area contributed by atoms with Crippen molar-refractivity contribution in [2.45, 2.75) is 26.1 Å². The first-order chi connectivity index (χ1) is 12.1. The molecule has 1 heterocycles. The Morgan fingerprint density at radius 1 is 1.08 bits per heavy atom. The predicted molar refractivity (Wildman–Crippen MR) is 98.0 cm³/mol. The standard InChI is InChI=1S/C20H24N2O3/c1-15-12-22(13-16(2)24-15)14-20(23)21-18-10-6-7-11-19(18)25-17-8-4-3-5-9-17/h3-11,15-16H,12-14H2,1-2H3,(H,21,23)/t15-,16-/m1/s1. The number of morpholine rings is 1. The lowest BCUT2D eigenvalue weighted by Gasteiger charge is -2.34. The van der Waals surface area contributed by atoms with Crippen LogP contribution in [-0.2, 0) is 9.53 Å². The number of para-hydroxylation sites is 3. The molecule has 1 aliphatic rings. The van der Waals surface area contributed by atoms with E-state index in [2.05, 4.69) is 10.2 Å². The summed E-state index contributed by atoms with van der Waals surface area (Å²) in [6, 6.07) is 17.0. The SMILES string of the molecule is C[C@@H]1CN(CC(=O)Nc2ccccc2Oc2ccccc2)C[C@@H](C)O1. The summed E-state index contributed by atoms with van der Waals surface area (Å²) in [6.45, 7) is 5.94. The number of hydrogen-bond donors (Lipinski definition) is 1. The lowest BCUT2D eigenvalue weighted by molar-refractivity contribution is -0.121. The van der Waals surface area contributed by atoms with E-state index < -0.39 is 0 Å². The average molecular weight is 340 g/mol. The van der Waals surface area contributed by atoms with Crippen molar-refractivity contribution in [3.05, 3.63) is 54.6 Å². The molecular weight excluding hydrogens is 316 g/mol. The zero-order valence-corrected chi connectivity index (χ0v) is 14.6. The van der Waals surface area contributed by atoms with Crippen LogP contribution in [0.5, 0.6) is 11.5 Å². The molecule has 5 nitrogen and oxygen atoms in total. The second-order valence-corrected chi connectivity index (χ2v) is 6.41. The summed E-state index contributed by atoms with van der Waals surface area (Å²) in [5.74, 6) is 1.32. The van der Waals surface area contributed by atoms with Gasteiger partial charge in [-0.3, -0.25) is 9.69 Å². The lowest BCUT2D eigenvalue weighted by atomic mass is 10.2. The van der Waals surface area contributed by atoms with Crippen LogP contribution in [0.2, 0.25) is 0 Å². The van der Waals surface area contributed by atoms with E-state index in [9.17, 15) is 4.79 Å². The fourth-order valence-corrected chi connectivity index (χ4v) is 3.08. The van der Waals surface area contributed by atoms with Crippen LogP contribution >= 0.6 is 0 Å². The maximum absolute atomic E-state index is 12.4. The van der Waals surface area contributed by atoms with Crippen LogP contribution in [0.25, 0.3) is 0 Å². The van der Waals surface area contributed by atoms with Gasteiger partial charge in [0.15, 0.2) is 5.75 Å². The number of benzene rings is 2. The van der Waals surface area contributed by atoms with Gasteiger partial charge in [0, 0.05) is 13.1 Å². The molecule has 2 aromatic carbocycles. The van der Waals surface area contributed by atoms with Crippen molar-refractivity contribution in [2.24, 2.45) is 0 Å². The number of carbonyl (C=O) groups is 1. The normalized spacial score (nSPS) is 20.9. The highest BCUT2D eigenvalue weighted by molar-refractivity contribution is 5.93. The summed E-state index contributed by atoms with van der Waals surface area (Å²) in [4.78, 5) is 14.6. The van der Waals surface area contributed by atoms with Gasteiger partial charge in [0.05, 0.1) is 24.4 Å². The Hall–Kier alpha value is -2.37. The second kappa shape index (κ2) is 8.14. The van der Waals surface area contributed by atoms with Crippen molar-refractivity contribution in [3.63, 3.8) is 0 Å². The van der Waals surface area contributed by atoms with Gasteiger partial charge >= 0.3 is 0 Å². The van der Waals surface area contributed by atoms with Crippen molar-refractivity contribution in [1.29, 1.82) is 0 Å². The van der Waals surface area contributed by atoms with Crippen molar-refractivity contribution in [2.75, 3.05) is 25.0 Å². The Balaban J connectivity index is 1.63. The molecule has 0 bridgehead atoms. The first-order valence-electron chi connectivity index (χ1n) is 8.60. The van der Waals surface area contributed by atoms with Gasteiger partial charge in [0.25, 0.3) is 0 Å². The number of anilines is 1. The van der Waals surface area contributed by atoms with Gasteiger partial charge in [-0.1, -0.05) is 30.3 Å². The Kier molecular flexibility index (Phi) is 5.68. The van der Waals surface area contributed by atoms with Crippen molar-refractivity contribution in [3.8, 4) is 11.5 Å². The van der Waals surface area contributed by atoms with Crippen molar-refractivity contribution in [1.82, 2.24) is 4.90 Å². The quantitative estimate of drug-likeness (QED) is 0.905. The summed E-state index contributed by atoms with van der Waals surface area (Å²) in [7, 11) is 0. The lowest BCUT2D eigenvalue weighted by Crippen LogP contribution is -2.48. The number of carbonyl (C=O) groups excluding carboxylic acids is 1. The van der Waals surface area contributed by atoms with Gasteiger partial charge in [-0.15, -0.1) is 0 Å². The molecule has 5 heteroatoms. The minimum absolute atomic E-state index is 0.0505. The number of nitrogens with one attached hydrogen (secondary N) is 1. The molecule has 3 rings (SSSR count). The minimum Gasteiger partial charge on any atom is -0.455 e. The second-order valence-electron chi connectivity index (χ2n) is 6.41. The largest absolute Gasteiger partial charge is 0.455 e. The topological polar surface area (TPSA) is 50.8 Å². The van der Waals surface area contributed by atoms with Crippen LogP contribution in [0.1, 0.15) is 13.8 Å². The number of rotatable bonds is 5. The highest BCUT2D eigenvalue weighted by Crippen LogP contribution is 2.29. The van der Waals surface area contributed by atoms with Crippen LogP contribution in [0.3, 0.4) is 0 Å². The van der Waals surface area contributed by atoms with Gasteiger partial charge in [0.1, 0.15) is 5.75 Å². The first-order valence-corrected chi connectivity index (χ1v) is 8.60. The summed E-state index contributed by atoms with van der Waals surface area (Å²) < 4.78 is 11.6. The van der Waals surface area contributed by atoms with Gasteiger partial charge < -0.3 is 14.8 Å². The van der Waals surface area contributed by atoms with E-state index in [1.165, 1.54) is 0 Å². The summed E-state index contributed by atoms with van der Waals surface area (Å²) in [6.07, 6.45) is 0.288. The fraction of sp³-hybridized carbons (Fsp3) is 0.350. The zero-order chi connectivity index (χ0) is 17.6. The highest BCUT2D eigenvalue weighted by atomic mass is 16.5. The van der Waals surface area contributed by atoms with Crippen molar-refractivity contribution < 1.29 is 14.3 Å². The third-order valence-electron chi connectivity index (χ3n) is 3.99. The molecule has 132 valence electrons. The molecule has 1 aliphatic heterocycles. The molecule has 1 N–H and O–H groups in total. The molecule has 1 fully saturated rings. The molecule has 0 aromatic heterocycles. The number of amides is 1. The Morgan fingerprint density at radius 2 is 1.72 bits per heavy atom. The summed E-state index contributed by atoms with van der Waals surface area (Å²) >= 11 is 0. The Morgan fingerprint density at radius 3 is 2.44 bits per heavy atom. The summed E-state index contributed by atoms with van der Waals surface area (Å²) in [5.41, 5.74) is 0.672. The molecule has 2 atom stereocenters. The van der Waals surface area contributed by atoms with Crippen LogP contribution in [0.15, 0.2) is 54.6 Å². The van der Waals surface area contributed by atoms with E-state index in [1.807, 2.05) is 68.4 Å². The highest BCUT2D eigenvalue weighted by Gasteiger charge is 2.23. The van der Waals surface area contributed by atoms with Gasteiger partial charge in [-0.05, 0) is 38.1 Å². The zero-order valence-electron chi connectivity index (χ0n) is 14.6. The maximum Gasteiger partial charge on any atom is 0.238 e. The minimum atomic E-state index is -0.0505. The van der Waals surface area contributed by atoms with E-state index in [1.54, 1.807) is 0 Å². The molecule has 0 saturated carbocycles. The molecule has 1 saturated heterocycles. The third-order valence-corrected chi connectivity index (χ3v) is 3.99. The molecule has 1 amide bonds. The molecular formula is C20H24N2O3. The maximum atomic E-state index is 12.4. The molecule has 0 unspecified atom stereocenters. The predicted octanol–water partition coefficient (Wildman–Crippen LogP) is 3.53. The first kappa shape index (κ1) is 17.5. The molecule has 0 spiro atoms. The number of hydrogen-bond acceptors (Lipinski definition) is 4. The third kappa shape index (κ3) is 5.05. The number of nitrogens with zero attached hydrogens (tertiary/aromatic N) is 1. The fourth-order valence-electron chi connectivity index (χ4n) is 3.08. The molecule has 0 aliphatic carbocycles. The van der Waals surface area contributed by atoms with Gasteiger partial charge in [-0.2, -0.15) is 0 Å². The van der Waals surface area contributed by atoms with E-state index in [4.69, 9.17) is 9.47 Å². The average Bonchev–Trinajstić information content (AvgIpc) is 2.56. The Labute approximate surface area is 148 Å². The van der Waals surface area contributed by atoms with Gasteiger partial charge in [0.2, 0.25) is 5.91 Å². The van der Waals surface area contributed by atoms with E-state index in [0.717, 1.165) is 18.8 Å². The molecule has 0 radical (unpaired) electrons. The van der Waals surface area contributed by atoms with Crippen LogP contribution in [0, 0.1) is 0 Å². The van der Waals surface area contributed by atoms with E-state index in [0.29, 0.717) is 18.0 Å². The molecule has 25 heavy (non-hydrogen) atoms. The monoisotopic (exact) mass is 340 g/mol. The summed E-state index contributed by atoms with van der Waals surface area (Å²) in [5, 5.41) is 2.96. The van der Waals surface area contributed by atoms with Crippen LogP contribution in [0.4, 0.5) is 5.69 Å². The number of ether oxygens (including phenoxy) is 2. The van der Waals surface area contributed by atoms with Crippen LogP contribution < -0.4 is 10.1 Å². The van der Waals surface area contributed by atoms with Crippen molar-refractivity contribution >= 4 is 11.6 Å². The Bertz CT molecular complexity index is 695. The van der Waals surface area contributed by atoms with Crippen LogP contribution in [-0.4, -0.2) is 42.6 Å². The smallest absolute Gasteiger partial charge is 0.238 e. The molecule has 2 aromatic rings. The van der Waals surface area contributed by atoms with E-state index >= 15 is 0 Å². The van der Waals surface area contributed by atoms with Gasteiger partial charge in [-0.25, -0.2) is 0 Å².